The first-order chi connectivity index (χ1) is 13.3. The third-order valence-electron chi connectivity index (χ3n) is 6.75. The van der Waals surface area contributed by atoms with E-state index in [9.17, 15) is 0 Å². The molecule has 2 aromatic rings. The molecule has 2 aliphatic rings. The fraction of sp³-hybridized carbons (Fsp3) is 0.478. The Hall–Kier alpha value is -1.88. The van der Waals surface area contributed by atoms with Gasteiger partial charge in [0.05, 0.1) is 6.54 Å². The normalized spacial score (nSPS) is 20.2. The topological polar surface area (TPSA) is 3.24 Å². The van der Waals surface area contributed by atoms with Crippen LogP contribution in [0.15, 0.2) is 42.5 Å². The van der Waals surface area contributed by atoms with E-state index in [4.69, 9.17) is 0 Å². The molecule has 0 aliphatic carbocycles. The second kappa shape index (κ2) is 6.87. The first-order valence-corrected chi connectivity index (χ1v) is 10.7. The summed E-state index contributed by atoms with van der Waals surface area (Å²) < 4.78 is 32.8. The maximum atomic E-state index is 16.4. The molecule has 0 atom stereocenters. The van der Waals surface area contributed by atoms with Gasteiger partial charge >= 0.3 is 6.97 Å². The SMILES string of the molecule is CC(C)c1cccc(C(C)C)c1N1c2ccccc2C[N+]2(CCCC2)[B-]1(F)F. The molecule has 0 radical (unpaired) electrons. The monoisotopic (exact) mass is 384 g/mol. The van der Waals surface area contributed by atoms with Crippen LogP contribution in [0.25, 0.3) is 0 Å². The Kier molecular flexibility index (Phi) is 4.77. The quantitative estimate of drug-likeness (QED) is 0.541. The van der Waals surface area contributed by atoms with Crippen LogP contribution in [-0.2, 0) is 6.54 Å². The van der Waals surface area contributed by atoms with Crippen molar-refractivity contribution in [1.29, 1.82) is 0 Å². The van der Waals surface area contributed by atoms with Gasteiger partial charge in [0.15, 0.2) is 0 Å². The maximum Gasteiger partial charge on any atom is 0.661 e. The Balaban J connectivity index is 2.03. The maximum absolute atomic E-state index is 16.4. The van der Waals surface area contributed by atoms with Crippen molar-refractivity contribution in [3.05, 3.63) is 59.2 Å². The molecule has 4 rings (SSSR count). The molecule has 2 aliphatic heterocycles. The molecule has 0 bridgehead atoms. The zero-order chi connectivity index (χ0) is 20.1. The summed E-state index contributed by atoms with van der Waals surface area (Å²) >= 11 is 0. The Labute approximate surface area is 167 Å². The number of hydrogen-bond donors (Lipinski definition) is 0. The average Bonchev–Trinajstić information content (AvgIpc) is 3.12. The van der Waals surface area contributed by atoms with Crippen molar-refractivity contribution in [2.24, 2.45) is 0 Å². The number of fused-ring (bicyclic) bond motifs is 1. The Morgan fingerprint density at radius 3 is 2.00 bits per heavy atom. The number of nitrogens with zero attached hydrogens (tertiary/aromatic N) is 2. The van der Waals surface area contributed by atoms with E-state index in [0.717, 1.165) is 35.2 Å². The van der Waals surface area contributed by atoms with Crippen LogP contribution in [0.4, 0.5) is 20.0 Å². The number of quaternary nitrogens is 1. The smallest absolute Gasteiger partial charge is 0.430 e. The Morgan fingerprint density at radius 1 is 0.857 bits per heavy atom. The highest BCUT2D eigenvalue weighted by Crippen LogP contribution is 2.51. The average molecular weight is 384 g/mol. The highest BCUT2D eigenvalue weighted by molar-refractivity contribution is 6.65. The minimum absolute atomic E-state index is 0.0824. The number of benzene rings is 2. The number of hydrogen-bond acceptors (Lipinski definition) is 1. The van der Waals surface area contributed by atoms with Gasteiger partial charge in [0.2, 0.25) is 0 Å². The molecule has 1 saturated heterocycles. The summed E-state index contributed by atoms with van der Waals surface area (Å²) in [6.45, 7) is 6.19. The van der Waals surface area contributed by atoms with E-state index in [2.05, 4.69) is 27.7 Å². The molecule has 2 aromatic carbocycles. The summed E-state index contributed by atoms with van der Waals surface area (Å²) in [5.74, 6) is 0.364. The summed E-state index contributed by atoms with van der Waals surface area (Å²) in [6.07, 6.45) is 1.77. The highest BCUT2D eigenvalue weighted by Gasteiger charge is 2.60. The van der Waals surface area contributed by atoms with E-state index < -0.39 is 6.97 Å². The number of para-hydroxylation sites is 2. The van der Waals surface area contributed by atoms with Gasteiger partial charge < -0.3 is 17.8 Å². The van der Waals surface area contributed by atoms with Crippen LogP contribution >= 0.6 is 0 Å². The van der Waals surface area contributed by atoms with E-state index in [-0.39, 0.29) is 16.2 Å². The standard InChI is InChI=1S/C23H31BF2N2/c1-17(2)20-11-9-12-21(18(3)4)23(20)27-22-13-6-5-10-19(22)16-28(24(27,25)26)14-7-8-15-28/h5-6,9-13,17-18H,7-8,14-16H2,1-4H3. The molecule has 0 N–H and O–H groups in total. The lowest BCUT2D eigenvalue weighted by Crippen LogP contribution is -2.71. The fourth-order valence-corrected chi connectivity index (χ4v) is 5.24. The summed E-state index contributed by atoms with van der Waals surface area (Å²) in [4.78, 5) is 1.47. The first-order valence-electron chi connectivity index (χ1n) is 10.7. The van der Waals surface area contributed by atoms with Crippen molar-refractivity contribution < 1.29 is 13.0 Å². The Morgan fingerprint density at radius 2 is 1.43 bits per heavy atom. The predicted molar refractivity (Wildman–Crippen MR) is 114 cm³/mol. The Bertz CT molecular complexity index is 846. The van der Waals surface area contributed by atoms with Gasteiger partial charge in [-0.1, -0.05) is 64.1 Å². The van der Waals surface area contributed by atoms with Gasteiger partial charge in [-0.25, -0.2) is 0 Å². The lowest BCUT2D eigenvalue weighted by molar-refractivity contribution is -0.847. The van der Waals surface area contributed by atoms with Gasteiger partial charge in [-0.2, -0.15) is 0 Å². The summed E-state index contributed by atoms with van der Waals surface area (Å²) in [7, 11) is 0. The van der Waals surface area contributed by atoms with Gasteiger partial charge in [0.1, 0.15) is 0 Å². The number of halogens is 2. The largest absolute Gasteiger partial charge is 0.661 e. The van der Waals surface area contributed by atoms with E-state index in [1.165, 1.54) is 4.81 Å². The lowest BCUT2D eigenvalue weighted by atomic mass is 9.76. The molecular weight excluding hydrogens is 353 g/mol. The van der Waals surface area contributed by atoms with Crippen LogP contribution in [0.1, 0.15) is 69.1 Å². The molecule has 2 heterocycles. The van der Waals surface area contributed by atoms with Crippen LogP contribution in [0, 0.1) is 0 Å². The third kappa shape index (κ3) is 2.78. The molecule has 150 valence electrons. The molecule has 28 heavy (non-hydrogen) atoms. The van der Waals surface area contributed by atoms with Crippen LogP contribution in [0.2, 0.25) is 0 Å². The molecule has 0 unspecified atom stereocenters. The van der Waals surface area contributed by atoms with Gasteiger partial charge in [-0.3, -0.25) is 0 Å². The minimum Gasteiger partial charge on any atom is -0.430 e. The zero-order valence-electron chi connectivity index (χ0n) is 17.5. The predicted octanol–water partition coefficient (Wildman–Crippen LogP) is 6.57. The lowest BCUT2D eigenvalue weighted by Gasteiger charge is -2.58. The molecule has 1 spiro atoms. The van der Waals surface area contributed by atoms with E-state index in [1.807, 2.05) is 42.5 Å². The highest BCUT2D eigenvalue weighted by atomic mass is 19.2. The van der Waals surface area contributed by atoms with E-state index >= 15 is 8.63 Å². The fourth-order valence-electron chi connectivity index (χ4n) is 5.24. The van der Waals surface area contributed by atoms with Crippen LogP contribution in [-0.4, -0.2) is 24.5 Å². The van der Waals surface area contributed by atoms with Crippen molar-refractivity contribution in [2.45, 2.75) is 58.9 Å². The van der Waals surface area contributed by atoms with Crippen LogP contribution < -0.4 is 4.81 Å². The summed E-state index contributed by atoms with van der Waals surface area (Å²) in [5.41, 5.74) is 4.52. The third-order valence-corrected chi connectivity index (χ3v) is 6.75. The van der Waals surface area contributed by atoms with Crippen molar-refractivity contribution in [2.75, 3.05) is 17.9 Å². The van der Waals surface area contributed by atoms with Crippen LogP contribution in [0.3, 0.4) is 0 Å². The van der Waals surface area contributed by atoms with Crippen molar-refractivity contribution in [1.82, 2.24) is 0 Å². The molecule has 2 nitrogen and oxygen atoms in total. The second-order valence-corrected chi connectivity index (χ2v) is 9.21. The molecule has 0 aromatic heterocycles. The van der Waals surface area contributed by atoms with Crippen molar-refractivity contribution in [3.8, 4) is 0 Å². The van der Waals surface area contributed by atoms with Crippen molar-refractivity contribution >= 4 is 18.3 Å². The second-order valence-electron chi connectivity index (χ2n) is 9.21. The minimum atomic E-state index is -3.79. The van der Waals surface area contributed by atoms with Gasteiger partial charge in [-0.05, 0) is 41.9 Å². The summed E-state index contributed by atoms with van der Waals surface area (Å²) in [6, 6.07) is 13.9. The number of rotatable bonds is 3. The molecule has 1 fully saturated rings. The number of anilines is 2. The zero-order valence-corrected chi connectivity index (χ0v) is 17.5. The van der Waals surface area contributed by atoms with Crippen LogP contribution in [0.5, 0.6) is 0 Å². The summed E-state index contributed by atoms with van der Waals surface area (Å²) in [5, 5.41) is 0. The molecule has 0 saturated carbocycles. The molecule has 0 amide bonds. The first kappa shape index (κ1) is 19.4. The van der Waals surface area contributed by atoms with E-state index in [0.29, 0.717) is 25.3 Å². The van der Waals surface area contributed by atoms with Gasteiger partial charge in [-0.15, -0.1) is 0 Å². The van der Waals surface area contributed by atoms with Crippen molar-refractivity contribution in [3.63, 3.8) is 0 Å². The molecular formula is C23H31BF2N2. The van der Waals surface area contributed by atoms with E-state index in [1.54, 1.807) is 0 Å². The molecule has 5 heteroatoms. The van der Waals surface area contributed by atoms with Gasteiger partial charge in [0, 0.05) is 30.0 Å². The van der Waals surface area contributed by atoms with Gasteiger partial charge in [0.25, 0.3) is 0 Å².